The molecule has 1 aromatic heterocycles. The monoisotopic (exact) mass is 626 g/mol. The lowest BCUT2D eigenvalue weighted by Gasteiger charge is -2.36. The van der Waals surface area contributed by atoms with Crippen molar-refractivity contribution in [2.24, 2.45) is 0 Å². The molecule has 4 aromatic rings. The maximum Gasteiger partial charge on any atom is 0.224 e. The van der Waals surface area contributed by atoms with E-state index in [4.69, 9.17) is 15.2 Å². The topological polar surface area (TPSA) is 136 Å². The number of amides is 2. The molecule has 1 aliphatic heterocycles. The van der Waals surface area contributed by atoms with Crippen molar-refractivity contribution in [1.82, 2.24) is 4.98 Å². The quantitative estimate of drug-likeness (QED) is 0.0738. The highest BCUT2D eigenvalue weighted by atomic mass is 32.2. The second kappa shape index (κ2) is 16.2. The smallest absolute Gasteiger partial charge is 0.224 e. The van der Waals surface area contributed by atoms with Gasteiger partial charge in [0, 0.05) is 42.5 Å². The molecule has 3 atom stereocenters. The van der Waals surface area contributed by atoms with Crippen molar-refractivity contribution in [1.29, 1.82) is 0 Å². The number of ether oxygens (including phenoxy) is 2. The molecular weight excluding hydrogens is 588 g/mol. The average molecular weight is 627 g/mol. The number of aliphatic hydroxyl groups is 1. The predicted molar refractivity (Wildman–Crippen MR) is 176 cm³/mol. The van der Waals surface area contributed by atoms with Crippen LogP contribution < -0.4 is 16.4 Å². The number of thioether (sulfide) groups is 1. The van der Waals surface area contributed by atoms with Gasteiger partial charge in [0.05, 0.1) is 35.2 Å². The van der Waals surface area contributed by atoms with Gasteiger partial charge in [-0.3, -0.25) is 9.59 Å². The van der Waals surface area contributed by atoms with Crippen molar-refractivity contribution >= 4 is 40.6 Å². The van der Waals surface area contributed by atoms with E-state index >= 15 is 0 Å². The standard InChI is InChI=1S/C35H38N4O5S/c36-29-10-1-2-11-30(29)39-33(42)13-4-3-12-32(41)38-27-9-7-8-26(20-27)35-43-28(23-45-34-14-5-6-19-37-34)21-31(44-35)25-17-15-24(22-40)16-18-25/h1-2,5-11,14-20,28,31,35,40H,3-4,12-13,21-23,36H2,(H,38,41)(H,39,42). The van der Waals surface area contributed by atoms with Gasteiger partial charge in [0.15, 0.2) is 6.29 Å². The summed E-state index contributed by atoms with van der Waals surface area (Å²) in [5.41, 5.74) is 10.3. The summed E-state index contributed by atoms with van der Waals surface area (Å²) < 4.78 is 12.9. The summed E-state index contributed by atoms with van der Waals surface area (Å²) in [4.78, 5) is 29.4. The summed E-state index contributed by atoms with van der Waals surface area (Å²) in [6, 6.07) is 28.2. The fraction of sp³-hybridized carbons (Fsp3) is 0.286. The van der Waals surface area contributed by atoms with Crippen molar-refractivity contribution in [3.8, 4) is 0 Å². The van der Waals surface area contributed by atoms with Gasteiger partial charge in [-0.25, -0.2) is 4.98 Å². The number of aromatic nitrogens is 1. The first-order valence-corrected chi connectivity index (χ1v) is 16.0. The second-order valence-electron chi connectivity index (χ2n) is 10.8. The highest BCUT2D eigenvalue weighted by Gasteiger charge is 2.32. The van der Waals surface area contributed by atoms with Crippen LogP contribution in [0.2, 0.25) is 0 Å². The zero-order valence-electron chi connectivity index (χ0n) is 24.9. The number of nitrogen functional groups attached to an aromatic ring is 1. The van der Waals surface area contributed by atoms with Gasteiger partial charge in [-0.05, 0) is 60.4 Å². The minimum absolute atomic E-state index is 0.0153. The predicted octanol–water partition coefficient (Wildman–Crippen LogP) is 6.63. The minimum atomic E-state index is -0.635. The number of anilines is 3. The van der Waals surface area contributed by atoms with Crippen LogP contribution in [0.4, 0.5) is 17.1 Å². The molecule has 1 saturated heterocycles. The van der Waals surface area contributed by atoms with Gasteiger partial charge in [0.2, 0.25) is 11.8 Å². The third-order valence-electron chi connectivity index (χ3n) is 7.40. The molecule has 1 aliphatic rings. The highest BCUT2D eigenvalue weighted by Crippen LogP contribution is 2.39. The van der Waals surface area contributed by atoms with E-state index in [0.29, 0.717) is 54.9 Å². The number of pyridine rings is 1. The zero-order valence-corrected chi connectivity index (χ0v) is 25.7. The van der Waals surface area contributed by atoms with Gasteiger partial charge < -0.3 is 30.9 Å². The Hall–Kier alpha value is -4.22. The molecule has 0 radical (unpaired) electrons. The Balaban J connectivity index is 1.17. The van der Waals surface area contributed by atoms with Crippen LogP contribution in [-0.2, 0) is 25.7 Å². The average Bonchev–Trinajstić information content (AvgIpc) is 3.07. The Bertz CT molecular complexity index is 1550. The molecule has 5 rings (SSSR count). The third kappa shape index (κ3) is 9.63. The second-order valence-corrected chi connectivity index (χ2v) is 11.9. The number of nitrogens with two attached hydrogens (primary N) is 1. The molecule has 10 heteroatoms. The Morgan fingerprint density at radius 2 is 1.62 bits per heavy atom. The minimum Gasteiger partial charge on any atom is -0.397 e. The molecule has 9 nitrogen and oxygen atoms in total. The molecular formula is C35H38N4O5S. The van der Waals surface area contributed by atoms with Gasteiger partial charge in [0.25, 0.3) is 0 Å². The number of carbonyl (C=O) groups excluding carboxylic acids is 2. The molecule has 2 amide bonds. The Morgan fingerprint density at radius 3 is 2.36 bits per heavy atom. The Morgan fingerprint density at radius 1 is 0.867 bits per heavy atom. The number of hydrogen-bond donors (Lipinski definition) is 4. The van der Waals surface area contributed by atoms with E-state index in [1.54, 1.807) is 30.1 Å². The molecule has 3 unspecified atom stereocenters. The van der Waals surface area contributed by atoms with E-state index in [9.17, 15) is 14.7 Å². The van der Waals surface area contributed by atoms with Crippen molar-refractivity contribution in [2.75, 3.05) is 22.1 Å². The summed E-state index contributed by atoms with van der Waals surface area (Å²) in [6.45, 7) is -0.0153. The van der Waals surface area contributed by atoms with E-state index in [1.807, 2.05) is 78.9 Å². The van der Waals surface area contributed by atoms with Crippen LogP contribution in [-0.4, -0.2) is 33.8 Å². The maximum absolute atomic E-state index is 12.7. The third-order valence-corrected chi connectivity index (χ3v) is 8.48. The number of nitrogens with zero attached hydrogens (tertiary/aromatic N) is 1. The number of unbranched alkanes of at least 4 members (excludes halogenated alkanes) is 1. The van der Waals surface area contributed by atoms with Gasteiger partial charge in [0.1, 0.15) is 0 Å². The summed E-state index contributed by atoms with van der Waals surface area (Å²) >= 11 is 1.64. The lowest BCUT2D eigenvalue weighted by molar-refractivity contribution is -0.245. The van der Waals surface area contributed by atoms with Crippen LogP contribution >= 0.6 is 11.8 Å². The van der Waals surface area contributed by atoms with Crippen LogP contribution in [0.25, 0.3) is 0 Å². The van der Waals surface area contributed by atoms with Crippen molar-refractivity contribution in [3.63, 3.8) is 0 Å². The molecule has 0 spiro atoms. The zero-order chi connectivity index (χ0) is 31.4. The first-order valence-electron chi connectivity index (χ1n) is 15.1. The summed E-state index contributed by atoms with van der Waals surface area (Å²) in [7, 11) is 0. The molecule has 0 saturated carbocycles. The lowest BCUT2D eigenvalue weighted by Crippen LogP contribution is -2.31. The number of rotatable bonds is 13. The van der Waals surface area contributed by atoms with Crippen LogP contribution in [0.3, 0.4) is 0 Å². The van der Waals surface area contributed by atoms with Crippen LogP contribution in [0.1, 0.15) is 61.2 Å². The van der Waals surface area contributed by atoms with E-state index < -0.39 is 6.29 Å². The number of nitrogens with one attached hydrogen (secondary N) is 2. The normalized spacial score (nSPS) is 17.8. The fourth-order valence-electron chi connectivity index (χ4n) is 5.01. The van der Waals surface area contributed by atoms with Crippen molar-refractivity contribution in [3.05, 3.63) is 114 Å². The van der Waals surface area contributed by atoms with Gasteiger partial charge in [-0.15, -0.1) is 11.8 Å². The van der Waals surface area contributed by atoms with Crippen LogP contribution in [0, 0.1) is 0 Å². The number of para-hydroxylation sites is 2. The molecule has 1 fully saturated rings. The maximum atomic E-state index is 12.7. The lowest BCUT2D eigenvalue weighted by atomic mass is 10.0. The number of aliphatic hydroxyl groups excluding tert-OH is 1. The van der Waals surface area contributed by atoms with Gasteiger partial charge in [-0.2, -0.15) is 0 Å². The molecule has 234 valence electrons. The first kappa shape index (κ1) is 32.2. The molecule has 2 heterocycles. The summed E-state index contributed by atoms with van der Waals surface area (Å²) in [5, 5.41) is 16.2. The van der Waals surface area contributed by atoms with Crippen molar-refractivity contribution in [2.45, 2.75) is 62.2 Å². The van der Waals surface area contributed by atoms with E-state index in [-0.39, 0.29) is 30.6 Å². The highest BCUT2D eigenvalue weighted by molar-refractivity contribution is 7.99. The first-order chi connectivity index (χ1) is 22.0. The fourth-order valence-corrected chi connectivity index (χ4v) is 5.90. The van der Waals surface area contributed by atoms with E-state index in [0.717, 1.165) is 21.7 Å². The van der Waals surface area contributed by atoms with Gasteiger partial charge in [-0.1, -0.05) is 54.6 Å². The Kier molecular flexibility index (Phi) is 11.6. The molecule has 0 aliphatic carbocycles. The molecule has 0 bridgehead atoms. The molecule has 45 heavy (non-hydrogen) atoms. The number of hydrogen-bond acceptors (Lipinski definition) is 8. The Labute approximate surface area is 267 Å². The van der Waals surface area contributed by atoms with Crippen LogP contribution in [0.15, 0.2) is 102 Å². The SMILES string of the molecule is Nc1ccccc1NC(=O)CCCCC(=O)Nc1cccc(C2OC(CSc3ccccn3)CC(c3ccc(CO)cc3)O2)c1. The number of carbonyl (C=O) groups is 2. The number of benzene rings is 3. The van der Waals surface area contributed by atoms with E-state index in [2.05, 4.69) is 15.6 Å². The van der Waals surface area contributed by atoms with Crippen LogP contribution in [0.5, 0.6) is 0 Å². The van der Waals surface area contributed by atoms with Crippen molar-refractivity contribution < 1.29 is 24.2 Å². The van der Waals surface area contributed by atoms with E-state index in [1.165, 1.54) is 0 Å². The molecule has 3 aromatic carbocycles. The molecule has 5 N–H and O–H groups in total. The van der Waals surface area contributed by atoms with Gasteiger partial charge >= 0.3 is 0 Å². The summed E-state index contributed by atoms with van der Waals surface area (Å²) in [5.74, 6) is 0.444. The summed E-state index contributed by atoms with van der Waals surface area (Å²) in [6.07, 6.45) is 3.25. The largest absolute Gasteiger partial charge is 0.397 e.